The monoisotopic (exact) mass is 279 g/mol. The smallest absolute Gasteiger partial charge is 0.312 e. The minimum absolute atomic E-state index is 0.0846. The van der Waals surface area contributed by atoms with Crippen molar-refractivity contribution < 1.29 is 9.66 Å². The van der Waals surface area contributed by atoms with Gasteiger partial charge in [0.05, 0.1) is 28.2 Å². The van der Waals surface area contributed by atoms with E-state index in [0.717, 1.165) is 5.56 Å². The van der Waals surface area contributed by atoms with E-state index in [9.17, 15) is 10.1 Å². The number of nitro benzene ring substituents is 1. The summed E-state index contributed by atoms with van der Waals surface area (Å²) >= 11 is 0. The van der Waals surface area contributed by atoms with Gasteiger partial charge in [0.1, 0.15) is 6.61 Å². The summed E-state index contributed by atoms with van der Waals surface area (Å²) < 4.78 is 5.42. The molecule has 6 nitrogen and oxygen atoms in total. The third kappa shape index (κ3) is 3.34. The van der Waals surface area contributed by atoms with Crippen LogP contribution in [-0.4, -0.2) is 4.92 Å². The predicted octanol–water partition coefficient (Wildman–Crippen LogP) is 2.92. The van der Waals surface area contributed by atoms with Gasteiger partial charge in [-0.05, 0) is 29.8 Å². The molecule has 2 rings (SSSR count). The van der Waals surface area contributed by atoms with Gasteiger partial charge < -0.3 is 4.74 Å². The van der Waals surface area contributed by atoms with Gasteiger partial charge in [0, 0.05) is 6.07 Å². The first-order chi connectivity index (χ1) is 10.1. The molecule has 0 aliphatic heterocycles. The molecule has 0 atom stereocenters. The fourth-order valence-electron chi connectivity index (χ4n) is 1.74. The second-order valence-electron chi connectivity index (χ2n) is 4.15. The Morgan fingerprint density at radius 3 is 2.48 bits per heavy atom. The zero-order valence-electron chi connectivity index (χ0n) is 10.8. The highest BCUT2D eigenvalue weighted by molar-refractivity contribution is 5.51. The zero-order chi connectivity index (χ0) is 15.2. The zero-order valence-corrected chi connectivity index (χ0v) is 10.8. The average molecular weight is 279 g/mol. The van der Waals surface area contributed by atoms with Gasteiger partial charge in [0.15, 0.2) is 5.75 Å². The van der Waals surface area contributed by atoms with Crippen LogP contribution in [0.25, 0.3) is 0 Å². The lowest BCUT2D eigenvalue weighted by molar-refractivity contribution is -0.386. The van der Waals surface area contributed by atoms with E-state index in [1.165, 1.54) is 18.2 Å². The Bertz CT molecular complexity index is 772. The van der Waals surface area contributed by atoms with Crippen molar-refractivity contribution in [2.75, 3.05) is 0 Å². The molecule has 0 radical (unpaired) electrons. The van der Waals surface area contributed by atoms with Crippen LogP contribution in [0, 0.1) is 32.8 Å². The van der Waals surface area contributed by atoms with Gasteiger partial charge in [-0.3, -0.25) is 10.1 Å². The van der Waals surface area contributed by atoms with Crippen molar-refractivity contribution in [3.8, 4) is 17.9 Å². The van der Waals surface area contributed by atoms with Crippen molar-refractivity contribution >= 4 is 5.69 Å². The van der Waals surface area contributed by atoms with Crippen molar-refractivity contribution in [2.45, 2.75) is 6.61 Å². The Morgan fingerprint density at radius 2 is 1.81 bits per heavy atom. The quantitative estimate of drug-likeness (QED) is 0.632. The lowest BCUT2D eigenvalue weighted by Gasteiger charge is -2.07. The standard InChI is InChI=1S/C15H9N3O3/c16-8-11-2-1-3-13(6-11)10-21-15-5-4-12(9-17)7-14(15)18(19)20/h1-7H,10H2. The summed E-state index contributed by atoms with van der Waals surface area (Å²) in [5, 5.41) is 28.5. The number of hydrogen-bond donors (Lipinski definition) is 0. The summed E-state index contributed by atoms with van der Waals surface area (Å²) in [5.74, 6) is 0.0846. The third-order valence-electron chi connectivity index (χ3n) is 2.74. The molecule has 0 saturated carbocycles. The number of nitro groups is 1. The van der Waals surface area contributed by atoms with Crippen molar-refractivity contribution in [1.82, 2.24) is 0 Å². The molecule has 0 unspecified atom stereocenters. The Hall–Kier alpha value is -3.38. The van der Waals surface area contributed by atoms with Crippen LogP contribution in [0.1, 0.15) is 16.7 Å². The van der Waals surface area contributed by atoms with Crippen LogP contribution >= 0.6 is 0 Å². The third-order valence-corrected chi connectivity index (χ3v) is 2.74. The van der Waals surface area contributed by atoms with Crippen LogP contribution in [0.5, 0.6) is 5.75 Å². The maximum Gasteiger partial charge on any atom is 0.312 e. The van der Waals surface area contributed by atoms with Crippen LogP contribution in [-0.2, 0) is 6.61 Å². The molecule has 21 heavy (non-hydrogen) atoms. The molecule has 102 valence electrons. The molecule has 0 saturated heterocycles. The highest BCUT2D eigenvalue weighted by Gasteiger charge is 2.16. The molecule has 0 fully saturated rings. The number of nitriles is 2. The number of hydrogen-bond acceptors (Lipinski definition) is 5. The highest BCUT2D eigenvalue weighted by Crippen LogP contribution is 2.28. The maximum absolute atomic E-state index is 11.0. The summed E-state index contributed by atoms with van der Waals surface area (Å²) in [6.07, 6.45) is 0. The molecule has 2 aromatic rings. The lowest BCUT2D eigenvalue weighted by atomic mass is 10.1. The van der Waals surface area contributed by atoms with E-state index in [0.29, 0.717) is 5.56 Å². The van der Waals surface area contributed by atoms with Crippen LogP contribution < -0.4 is 4.74 Å². The van der Waals surface area contributed by atoms with Crippen molar-refractivity contribution in [2.24, 2.45) is 0 Å². The van der Waals surface area contributed by atoms with Gasteiger partial charge in [0.2, 0.25) is 0 Å². The average Bonchev–Trinajstić information content (AvgIpc) is 2.52. The summed E-state index contributed by atoms with van der Waals surface area (Å²) in [5.41, 5.74) is 1.16. The van der Waals surface area contributed by atoms with E-state index < -0.39 is 4.92 Å². The second-order valence-corrected chi connectivity index (χ2v) is 4.15. The molecule has 0 aliphatic carbocycles. The van der Waals surface area contributed by atoms with Gasteiger partial charge in [0.25, 0.3) is 0 Å². The Balaban J connectivity index is 2.22. The van der Waals surface area contributed by atoms with Crippen LogP contribution in [0.4, 0.5) is 5.69 Å². The van der Waals surface area contributed by atoms with Gasteiger partial charge in [-0.15, -0.1) is 0 Å². The predicted molar refractivity (Wildman–Crippen MR) is 73.3 cm³/mol. The summed E-state index contributed by atoms with van der Waals surface area (Å²) in [6, 6.07) is 14.6. The number of rotatable bonds is 4. The molecule has 0 bridgehead atoms. The topological polar surface area (TPSA) is 99.9 Å². The summed E-state index contributed by atoms with van der Waals surface area (Å²) in [6.45, 7) is 0.0995. The fraction of sp³-hybridized carbons (Fsp3) is 0.0667. The Morgan fingerprint density at radius 1 is 1.10 bits per heavy atom. The first kappa shape index (κ1) is 14.0. The molecular formula is C15H9N3O3. The normalized spacial score (nSPS) is 9.43. The number of nitrogens with zero attached hydrogens (tertiary/aromatic N) is 3. The SMILES string of the molecule is N#Cc1cccc(COc2ccc(C#N)cc2[N+](=O)[O-])c1. The summed E-state index contributed by atoms with van der Waals surface area (Å²) in [4.78, 5) is 10.4. The highest BCUT2D eigenvalue weighted by atomic mass is 16.6. The van der Waals surface area contributed by atoms with Gasteiger partial charge in [-0.25, -0.2) is 0 Å². The lowest BCUT2D eigenvalue weighted by Crippen LogP contribution is -2.00. The fourth-order valence-corrected chi connectivity index (χ4v) is 1.74. The van der Waals surface area contributed by atoms with Crippen LogP contribution in [0.2, 0.25) is 0 Å². The van der Waals surface area contributed by atoms with E-state index in [-0.39, 0.29) is 23.6 Å². The number of ether oxygens (including phenoxy) is 1. The molecule has 0 aliphatic rings. The van der Waals surface area contributed by atoms with Crippen molar-refractivity contribution in [3.63, 3.8) is 0 Å². The second kappa shape index (κ2) is 6.18. The minimum atomic E-state index is -0.595. The van der Waals surface area contributed by atoms with E-state index in [1.54, 1.807) is 24.3 Å². The largest absolute Gasteiger partial charge is 0.482 e. The van der Waals surface area contributed by atoms with Gasteiger partial charge in [-0.1, -0.05) is 12.1 Å². The molecular weight excluding hydrogens is 270 g/mol. The van der Waals surface area contributed by atoms with E-state index in [1.807, 2.05) is 12.1 Å². The Kier molecular flexibility index (Phi) is 4.13. The molecule has 0 heterocycles. The first-order valence-corrected chi connectivity index (χ1v) is 5.94. The van der Waals surface area contributed by atoms with Crippen molar-refractivity contribution in [1.29, 1.82) is 10.5 Å². The molecule has 0 aromatic heterocycles. The minimum Gasteiger partial charge on any atom is -0.482 e. The van der Waals surface area contributed by atoms with Gasteiger partial charge in [-0.2, -0.15) is 10.5 Å². The Labute approximate surface area is 120 Å². The van der Waals surface area contributed by atoms with Gasteiger partial charge >= 0.3 is 5.69 Å². The van der Waals surface area contributed by atoms with E-state index in [4.69, 9.17) is 15.3 Å². The molecule has 6 heteroatoms. The summed E-state index contributed by atoms with van der Waals surface area (Å²) in [7, 11) is 0. The van der Waals surface area contributed by atoms with E-state index in [2.05, 4.69) is 0 Å². The molecule has 0 amide bonds. The number of benzene rings is 2. The van der Waals surface area contributed by atoms with E-state index >= 15 is 0 Å². The molecule has 0 spiro atoms. The van der Waals surface area contributed by atoms with Crippen molar-refractivity contribution in [3.05, 3.63) is 69.3 Å². The molecule has 0 N–H and O–H groups in total. The molecule has 2 aromatic carbocycles. The first-order valence-electron chi connectivity index (χ1n) is 5.94. The maximum atomic E-state index is 11.0. The van der Waals surface area contributed by atoms with Crippen LogP contribution in [0.15, 0.2) is 42.5 Å². The van der Waals surface area contributed by atoms with Crippen LogP contribution in [0.3, 0.4) is 0 Å².